The molecular weight excluding hydrogens is 179 g/mol. The zero-order valence-electron chi connectivity index (χ0n) is 7.54. The molecule has 4 nitrogen and oxygen atoms in total. The third-order valence-electron chi connectivity index (χ3n) is 2.18. The van der Waals surface area contributed by atoms with E-state index >= 15 is 0 Å². The molecule has 2 N–H and O–H groups in total. The Balaban J connectivity index is 2.58. The van der Waals surface area contributed by atoms with Gasteiger partial charge in [-0.2, -0.15) is 0 Å². The summed E-state index contributed by atoms with van der Waals surface area (Å²) in [6.45, 7) is 1.26. The maximum atomic E-state index is 11.6. The molecule has 0 fully saturated rings. The fourth-order valence-electron chi connectivity index (χ4n) is 1.53. The third kappa shape index (κ3) is 1.41. The molecule has 0 saturated heterocycles. The second-order valence-electron chi connectivity index (χ2n) is 3.07. The van der Waals surface area contributed by atoms with Gasteiger partial charge in [-0.1, -0.05) is 0 Å². The summed E-state index contributed by atoms with van der Waals surface area (Å²) < 4.78 is 10.7. The number of nitrogens with one attached hydrogen (secondary N) is 2. The van der Waals surface area contributed by atoms with Crippen molar-refractivity contribution in [3.05, 3.63) is 23.8 Å². The Labute approximate surface area is 81.9 Å². The molecule has 0 atom stereocenters. The van der Waals surface area contributed by atoms with Crippen molar-refractivity contribution in [2.24, 2.45) is 0 Å². The van der Waals surface area contributed by atoms with Crippen LogP contribution in [0.5, 0.6) is 0 Å². The Morgan fingerprint density at radius 1 is 1.21 bits per heavy atom. The van der Waals surface area contributed by atoms with Crippen LogP contribution in [0.3, 0.4) is 0 Å². The topological polar surface area (TPSA) is 58.2 Å². The van der Waals surface area contributed by atoms with Gasteiger partial charge >= 0.3 is 81.2 Å². The quantitative estimate of drug-likeness (QED) is 0.585. The fraction of sp³-hybridized carbons (Fsp3) is 0.222. The summed E-state index contributed by atoms with van der Waals surface area (Å²) in [5, 5.41) is 5.80. The van der Waals surface area contributed by atoms with E-state index in [9.17, 15) is 9.50 Å². The van der Waals surface area contributed by atoms with Crippen LogP contribution in [0, 0.1) is 0 Å². The molecule has 1 amide bonds. The first-order valence-corrected chi connectivity index (χ1v) is 4.43. The van der Waals surface area contributed by atoms with Crippen molar-refractivity contribution in [1.29, 1.82) is 0 Å². The third-order valence-corrected chi connectivity index (χ3v) is 2.18. The SMILES string of the molecule is O=Bc1cccc2c1C(=O)NCCN2. The molecule has 0 aliphatic carbocycles. The van der Waals surface area contributed by atoms with E-state index < -0.39 is 0 Å². The van der Waals surface area contributed by atoms with E-state index in [4.69, 9.17) is 0 Å². The van der Waals surface area contributed by atoms with Gasteiger partial charge in [-0.15, -0.1) is 0 Å². The second-order valence-corrected chi connectivity index (χ2v) is 3.07. The summed E-state index contributed by atoms with van der Waals surface area (Å²) in [7, 11) is 0.700. The number of carbonyl (C=O) groups is 1. The van der Waals surface area contributed by atoms with Crippen LogP contribution in [0.4, 0.5) is 5.69 Å². The molecule has 70 valence electrons. The Morgan fingerprint density at radius 3 is 2.79 bits per heavy atom. The average molecular weight is 188 g/mol. The first kappa shape index (κ1) is 8.93. The Bertz CT molecular complexity index is 392. The van der Waals surface area contributed by atoms with Gasteiger partial charge in [-0.25, -0.2) is 0 Å². The Morgan fingerprint density at radius 2 is 2.00 bits per heavy atom. The van der Waals surface area contributed by atoms with Gasteiger partial charge < -0.3 is 0 Å². The Hall–Kier alpha value is -1.65. The van der Waals surface area contributed by atoms with E-state index in [1.165, 1.54) is 0 Å². The van der Waals surface area contributed by atoms with E-state index in [-0.39, 0.29) is 5.91 Å². The summed E-state index contributed by atoms with van der Waals surface area (Å²) in [5.74, 6) is -0.187. The number of hydrogen-bond donors (Lipinski definition) is 2. The minimum atomic E-state index is -0.187. The maximum absolute atomic E-state index is 11.6. The summed E-state index contributed by atoms with van der Waals surface area (Å²) in [6.07, 6.45) is 0. The van der Waals surface area contributed by atoms with Gasteiger partial charge in [-0.3, -0.25) is 0 Å². The summed E-state index contributed by atoms with van der Waals surface area (Å²) in [4.78, 5) is 11.6. The molecule has 0 aromatic heterocycles. The molecule has 0 radical (unpaired) electrons. The van der Waals surface area contributed by atoms with Crippen LogP contribution < -0.4 is 16.1 Å². The van der Waals surface area contributed by atoms with Crippen molar-refractivity contribution < 1.29 is 9.50 Å². The molecule has 1 aromatic rings. The average Bonchev–Trinajstić information content (AvgIpc) is 2.40. The van der Waals surface area contributed by atoms with E-state index in [1.54, 1.807) is 18.2 Å². The predicted octanol–water partition coefficient (Wildman–Crippen LogP) is -0.483. The number of rotatable bonds is 1. The zero-order valence-corrected chi connectivity index (χ0v) is 7.54. The summed E-state index contributed by atoms with van der Waals surface area (Å²) in [5.41, 5.74) is 1.60. The molecule has 1 heterocycles. The fourth-order valence-corrected chi connectivity index (χ4v) is 1.53. The van der Waals surface area contributed by atoms with Gasteiger partial charge in [0, 0.05) is 0 Å². The van der Waals surface area contributed by atoms with Gasteiger partial charge in [-0.05, 0) is 0 Å². The first-order chi connectivity index (χ1) is 6.83. The van der Waals surface area contributed by atoms with Crippen molar-refractivity contribution in [3.63, 3.8) is 0 Å². The molecule has 0 unspecified atom stereocenters. The van der Waals surface area contributed by atoms with Crippen LogP contribution >= 0.6 is 0 Å². The minimum absolute atomic E-state index is 0.187. The van der Waals surface area contributed by atoms with Crippen LogP contribution in [-0.2, 0) is 4.70 Å². The van der Waals surface area contributed by atoms with Gasteiger partial charge in [0.1, 0.15) is 0 Å². The normalized spacial score (nSPS) is 14.4. The number of carbonyl (C=O) groups excluding carboxylic acids is 1. The number of anilines is 1. The van der Waals surface area contributed by atoms with Crippen LogP contribution in [0.1, 0.15) is 10.4 Å². The van der Waals surface area contributed by atoms with Crippen molar-refractivity contribution in [2.45, 2.75) is 0 Å². The van der Waals surface area contributed by atoms with Gasteiger partial charge in [0.25, 0.3) is 0 Å². The standard InChI is InChI=1S/C9H9BN2O2/c13-9-8-6(10-14)2-1-3-7(8)11-4-5-12-9/h1-3,11H,4-5H2,(H,12,13). The van der Waals surface area contributed by atoms with Gasteiger partial charge in [0.2, 0.25) is 0 Å². The van der Waals surface area contributed by atoms with Crippen molar-refractivity contribution >= 4 is 24.2 Å². The van der Waals surface area contributed by atoms with E-state index in [1.807, 2.05) is 0 Å². The van der Waals surface area contributed by atoms with Crippen LogP contribution in [-0.4, -0.2) is 26.1 Å². The number of hydrogen-bond acceptors (Lipinski definition) is 3. The molecule has 14 heavy (non-hydrogen) atoms. The monoisotopic (exact) mass is 188 g/mol. The van der Waals surface area contributed by atoms with Crippen LogP contribution in [0.15, 0.2) is 18.2 Å². The first-order valence-electron chi connectivity index (χ1n) is 4.43. The van der Waals surface area contributed by atoms with Gasteiger partial charge in [0.15, 0.2) is 0 Å². The molecule has 1 aromatic carbocycles. The van der Waals surface area contributed by atoms with E-state index in [0.717, 1.165) is 5.69 Å². The van der Waals surface area contributed by atoms with Crippen molar-refractivity contribution in [2.75, 3.05) is 18.4 Å². The van der Waals surface area contributed by atoms with E-state index in [0.29, 0.717) is 31.3 Å². The predicted molar refractivity (Wildman–Crippen MR) is 53.3 cm³/mol. The van der Waals surface area contributed by atoms with Crippen molar-refractivity contribution in [1.82, 2.24) is 5.32 Å². The number of benzene rings is 1. The Kier molecular flexibility index (Phi) is 2.31. The molecule has 1 aliphatic heterocycles. The molecular formula is C9H9BN2O2. The molecule has 5 heteroatoms. The van der Waals surface area contributed by atoms with Crippen molar-refractivity contribution in [3.8, 4) is 0 Å². The summed E-state index contributed by atoms with van der Waals surface area (Å²) >= 11 is 0. The molecule has 2 rings (SSSR count). The summed E-state index contributed by atoms with van der Waals surface area (Å²) in [6, 6.07) is 5.19. The number of fused-ring (bicyclic) bond motifs is 1. The molecule has 0 spiro atoms. The van der Waals surface area contributed by atoms with E-state index in [2.05, 4.69) is 10.6 Å². The van der Waals surface area contributed by atoms with Crippen LogP contribution in [0.25, 0.3) is 0 Å². The zero-order chi connectivity index (χ0) is 9.97. The molecule has 1 aliphatic rings. The van der Waals surface area contributed by atoms with Gasteiger partial charge in [0.05, 0.1) is 0 Å². The molecule has 0 bridgehead atoms. The molecule has 0 saturated carbocycles. The second kappa shape index (κ2) is 3.61. The number of amides is 1. The van der Waals surface area contributed by atoms with Crippen LogP contribution in [0.2, 0.25) is 0 Å².